The van der Waals surface area contributed by atoms with Crippen molar-refractivity contribution in [3.05, 3.63) is 63.6 Å². The van der Waals surface area contributed by atoms with Gasteiger partial charge in [0.1, 0.15) is 17.7 Å². The summed E-state index contributed by atoms with van der Waals surface area (Å²) in [7, 11) is 1.29. The first kappa shape index (κ1) is 27.9. The van der Waals surface area contributed by atoms with Gasteiger partial charge in [-0.2, -0.15) is 9.78 Å². The van der Waals surface area contributed by atoms with E-state index in [1.165, 1.54) is 35.3 Å². The Balaban J connectivity index is 1.65. The van der Waals surface area contributed by atoms with E-state index in [0.717, 1.165) is 9.77 Å². The summed E-state index contributed by atoms with van der Waals surface area (Å²) in [6, 6.07) is 9.66. The fourth-order valence-corrected chi connectivity index (χ4v) is 6.83. The summed E-state index contributed by atoms with van der Waals surface area (Å²) >= 11 is 15.5. The summed E-state index contributed by atoms with van der Waals surface area (Å²) in [5, 5.41) is 6.23. The van der Waals surface area contributed by atoms with Crippen molar-refractivity contribution in [3.8, 4) is 33.3 Å². The highest BCUT2D eigenvalue weighted by Crippen LogP contribution is 2.42. The lowest BCUT2D eigenvalue weighted by molar-refractivity contribution is -0.0797. The molecule has 2 aromatic heterocycles. The molecule has 0 saturated carbocycles. The van der Waals surface area contributed by atoms with Gasteiger partial charge in [0.2, 0.25) is 5.13 Å². The zero-order chi connectivity index (χ0) is 27.8. The van der Waals surface area contributed by atoms with Crippen molar-refractivity contribution < 1.29 is 23.4 Å². The number of rotatable bonds is 8. The second-order valence-corrected chi connectivity index (χ2v) is 12.7. The number of carbonyl (C=O) groups is 1. The van der Waals surface area contributed by atoms with Gasteiger partial charge in [0.05, 0.1) is 46.0 Å². The van der Waals surface area contributed by atoms with Crippen molar-refractivity contribution in [1.82, 2.24) is 14.8 Å². The van der Waals surface area contributed by atoms with E-state index in [0.29, 0.717) is 56.7 Å². The molecule has 1 aliphatic heterocycles. The second kappa shape index (κ2) is 11.5. The molecule has 0 aliphatic carbocycles. The Morgan fingerprint density at radius 2 is 1.95 bits per heavy atom. The van der Waals surface area contributed by atoms with E-state index in [1.54, 1.807) is 36.9 Å². The molecule has 0 atom stereocenters. The van der Waals surface area contributed by atoms with Gasteiger partial charge in [0, 0.05) is 22.4 Å². The summed E-state index contributed by atoms with van der Waals surface area (Å²) in [6.07, 6.45) is -0.143. The van der Waals surface area contributed by atoms with Gasteiger partial charge >= 0.3 is 5.97 Å². The van der Waals surface area contributed by atoms with Crippen LogP contribution >= 0.6 is 46.3 Å². The van der Waals surface area contributed by atoms with E-state index in [4.69, 9.17) is 42.4 Å². The number of benzene rings is 2. The number of aromatic nitrogens is 3. The van der Waals surface area contributed by atoms with Crippen LogP contribution in [0, 0.1) is 12.7 Å². The first-order valence-electron chi connectivity index (χ1n) is 12.0. The third-order valence-corrected chi connectivity index (χ3v) is 8.79. The lowest BCUT2D eigenvalue weighted by Gasteiger charge is -2.26. The van der Waals surface area contributed by atoms with Crippen LogP contribution < -0.4 is 4.74 Å². The molecule has 39 heavy (non-hydrogen) atoms. The molecule has 5 rings (SSSR count). The number of hydrogen-bond donors (Lipinski definition) is 0. The lowest BCUT2D eigenvalue weighted by atomic mass is 10.0. The topological polar surface area (TPSA) is 75.5 Å². The molecule has 2 aromatic carbocycles. The van der Waals surface area contributed by atoms with Gasteiger partial charge in [-0.05, 0) is 36.8 Å². The molecule has 4 aromatic rings. The van der Waals surface area contributed by atoms with E-state index in [-0.39, 0.29) is 17.0 Å². The predicted octanol–water partition coefficient (Wildman–Crippen LogP) is 7.48. The number of aryl methyl sites for hydroxylation is 1. The van der Waals surface area contributed by atoms with E-state index >= 15 is 0 Å². The average Bonchev–Trinajstić information content (AvgIpc) is 3.42. The lowest BCUT2D eigenvalue weighted by Crippen LogP contribution is -2.38. The molecule has 3 heterocycles. The number of carbonyl (C=O) groups excluding carboxylic acids is 1. The Labute approximate surface area is 243 Å². The van der Waals surface area contributed by atoms with Gasteiger partial charge in [-0.1, -0.05) is 54.5 Å². The van der Waals surface area contributed by atoms with E-state index < -0.39 is 11.8 Å². The molecule has 12 heteroatoms. The summed E-state index contributed by atoms with van der Waals surface area (Å²) in [6.45, 7) is 6.80. The van der Waals surface area contributed by atoms with Crippen molar-refractivity contribution >= 4 is 52.3 Å². The van der Waals surface area contributed by atoms with Crippen LogP contribution in [-0.4, -0.2) is 52.4 Å². The minimum Gasteiger partial charge on any atom is -0.485 e. The fraction of sp³-hybridized carbons (Fsp3) is 0.296. The maximum atomic E-state index is 14.7. The van der Waals surface area contributed by atoms with E-state index in [2.05, 4.69) is 18.9 Å². The maximum Gasteiger partial charge on any atom is 0.357 e. The Hall–Kier alpha value is -2.63. The van der Waals surface area contributed by atoms with Gasteiger partial charge in [0.15, 0.2) is 5.69 Å². The van der Waals surface area contributed by atoms with Crippen molar-refractivity contribution in [3.63, 3.8) is 0 Å². The molecule has 1 fully saturated rings. The zero-order valence-corrected chi connectivity index (χ0v) is 24.6. The third kappa shape index (κ3) is 5.81. The first-order chi connectivity index (χ1) is 18.6. The molecule has 0 N–H and O–H groups in total. The minimum atomic E-state index is -0.630. The second-order valence-electron chi connectivity index (χ2n) is 9.09. The number of hydrogen-bond acceptors (Lipinski definition) is 8. The molecule has 204 valence electrons. The first-order valence-corrected chi connectivity index (χ1v) is 14.5. The highest BCUT2D eigenvalue weighted by molar-refractivity contribution is 8.01. The highest BCUT2D eigenvalue weighted by atomic mass is 35.5. The normalized spacial score (nSPS) is 13.5. The van der Waals surface area contributed by atoms with Crippen molar-refractivity contribution in [2.45, 2.75) is 36.3 Å². The molecule has 7 nitrogen and oxygen atoms in total. The van der Waals surface area contributed by atoms with Crippen LogP contribution in [-0.2, 0) is 9.47 Å². The number of nitrogens with zero attached hydrogens (tertiary/aromatic N) is 3. The van der Waals surface area contributed by atoms with Crippen LogP contribution in [0.15, 0.2) is 40.6 Å². The molecular weight excluding hydrogens is 584 g/mol. The number of halogens is 3. The molecular formula is C27H24Cl2FN3O4S2. The van der Waals surface area contributed by atoms with Crippen LogP contribution in [0.2, 0.25) is 10.0 Å². The zero-order valence-electron chi connectivity index (χ0n) is 21.5. The number of thioether (sulfide) groups is 1. The molecule has 0 spiro atoms. The van der Waals surface area contributed by atoms with Crippen molar-refractivity contribution in [1.29, 1.82) is 0 Å². The Bertz CT molecular complexity index is 1550. The maximum absolute atomic E-state index is 14.7. The third-order valence-electron chi connectivity index (χ3n) is 5.81. The van der Waals surface area contributed by atoms with Crippen LogP contribution in [0.5, 0.6) is 5.75 Å². The van der Waals surface area contributed by atoms with Crippen LogP contribution in [0.25, 0.3) is 27.5 Å². The van der Waals surface area contributed by atoms with Gasteiger partial charge < -0.3 is 14.2 Å². The average molecular weight is 609 g/mol. The predicted molar refractivity (Wildman–Crippen MR) is 152 cm³/mol. The smallest absolute Gasteiger partial charge is 0.357 e. The number of esters is 1. The van der Waals surface area contributed by atoms with Crippen molar-refractivity contribution in [2.24, 2.45) is 0 Å². The van der Waals surface area contributed by atoms with Gasteiger partial charge in [-0.15, -0.1) is 11.8 Å². The summed E-state index contributed by atoms with van der Waals surface area (Å²) in [5.41, 5.74) is 2.98. The standard InChI is InChI=1S/C27H24Cl2FN3O4S2/c1-13(2)38-26-23(15-5-6-20(28)21(29)9-15)31-27(39-26)33-24(25(34)35-4)22(14(3)32-33)16-7-17(30)10-18(8-16)37-19-11-36-12-19/h5-10,13,19H,11-12H2,1-4H3. The molecule has 0 unspecified atom stereocenters. The summed E-state index contributed by atoms with van der Waals surface area (Å²) in [4.78, 5) is 18.0. The SMILES string of the molecule is COC(=O)c1c(-c2cc(F)cc(OC3COC3)c2)c(C)nn1-c1nc(-c2ccc(Cl)c(Cl)c2)c(SC(C)C)s1. The Kier molecular flexibility index (Phi) is 8.21. The number of thiazole rings is 1. The summed E-state index contributed by atoms with van der Waals surface area (Å²) in [5.74, 6) is -0.792. The van der Waals surface area contributed by atoms with Crippen LogP contribution in [0.4, 0.5) is 4.39 Å². The quantitative estimate of drug-likeness (QED) is 0.152. The molecule has 0 radical (unpaired) electrons. The molecule has 1 saturated heterocycles. The van der Waals surface area contributed by atoms with Gasteiger partial charge in [0.25, 0.3) is 0 Å². The monoisotopic (exact) mass is 607 g/mol. The highest BCUT2D eigenvalue weighted by Gasteiger charge is 2.29. The van der Waals surface area contributed by atoms with Crippen molar-refractivity contribution in [2.75, 3.05) is 20.3 Å². The summed E-state index contributed by atoms with van der Waals surface area (Å²) < 4.78 is 33.2. The Morgan fingerprint density at radius 3 is 2.59 bits per heavy atom. The number of methoxy groups -OCH3 is 1. The molecule has 0 amide bonds. The fourth-order valence-electron chi connectivity index (χ4n) is 4.05. The van der Waals surface area contributed by atoms with Gasteiger partial charge in [-0.25, -0.2) is 14.2 Å². The Morgan fingerprint density at radius 1 is 1.18 bits per heavy atom. The number of ether oxygens (including phenoxy) is 3. The van der Waals surface area contributed by atoms with Crippen LogP contribution in [0.1, 0.15) is 30.0 Å². The van der Waals surface area contributed by atoms with Crippen LogP contribution in [0.3, 0.4) is 0 Å². The largest absolute Gasteiger partial charge is 0.485 e. The van der Waals surface area contributed by atoms with E-state index in [1.807, 2.05) is 6.07 Å². The van der Waals surface area contributed by atoms with Gasteiger partial charge in [-0.3, -0.25) is 0 Å². The molecule has 0 bridgehead atoms. The molecule has 1 aliphatic rings. The minimum absolute atomic E-state index is 0.133. The van der Waals surface area contributed by atoms with E-state index in [9.17, 15) is 9.18 Å².